The Morgan fingerprint density at radius 3 is 2.87 bits per heavy atom. The van der Waals surface area contributed by atoms with Crippen LogP contribution in [-0.4, -0.2) is 28.2 Å². The Hall–Kier alpha value is -2.12. The monoisotopic (exact) mass is 455 g/mol. The third kappa shape index (κ3) is 5.98. The third-order valence-corrected chi connectivity index (χ3v) is 7.80. The number of nitrogens with zero attached hydrogens (tertiary/aromatic N) is 1. The van der Waals surface area contributed by atoms with E-state index in [4.69, 9.17) is 4.98 Å². The molecule has 3 aromatic rings. The van der Waals surface area contributed by atoms with E-state index < -0.39 is 0 Å². The minimum absolute atomic E-state index is 0.00625. The molecule has 0 saturated heterocycles. The average Bonchev–Trinajstić information content (AvgIpc) is 3.16. The van der Waals surface area contributed by atoms with Gasteiger partial charge in [0.2, 0.25) is 5.91 Å². The van der Waals surface area contributed by atoms with Crippen LogP contribution in [0, 0.1) is 0 Å². The van der Waals surface area contributed by atoms with Gasteiger partial charge in [0.05, 0.1) is 11.1 Å². The Bertz CT molecular complexity index is 1080. The number of nitrogens with one attached hydrogen (secondary N) is 2. The fourth-order valence-corrected chi connectivity index (χ4v) is 6.11. The molecule has 2 aromatic heterocycles. The van der Waals surface area contributed by atoms with Crippen LogP contribution >= 0.6 is 23.1 Å². The Morgan fingerprint density at radius 1 is 1.16 bits per heavy atom. The number of unbranched alkanes of at least 4 members (excludes halogenated alkanes) is 1. The first kappa shape index (κ1) is 22.1. The van der Waals surface area contributed by atoms with Gasteiger partial charge in [-0.25, -0.2) is 4.98 Å². The lowest BCUT2D eigenvalue weighted by Crippen LogP contribution is -2.24. The van der Waals surface area contributed by atoms with Gasteiger partial charge in [-0.15, -0.1) is 11.3 Å². The number of carbonyl (C=O) groups is 1. The number of thiophene rings is 1. The van der Waals surface area contributed by atoms with E-state index in [1.165, 1.54) is 22.4 Å². The quantitative estimate of drug-likeness (QED) is 0.437. The first-order valence-electron chi connectivity index (χ1n) is 11.1. The van der Waals surface area contributed by atoms with E-state index in [1.807, 2.05) is 6.07 Å². The van der Waals surface area contributed by atoms with Gasteiger partial charge in [0, 0.05) is 23.6 Å². The Morgan fingerprint density at radius 2 is 2.00 bits per heavy atom. The van der Waals surface area contributed by atoms with E-state index in [0.717, 1.165) is 61.0 Å². The molecule has 164 valence electrons. The molecule has 4 rings (SSSR count). The number of H-pyrrole nitrogens is 1. The number of aromatic amines is 1. The van der Waals surface area contributed by atoms with Crippen molar-refractivity contribution in [1.82, 2.24) is 15.3 Å². The minimum atomic E-state index is -0.00625. The number of hydrogen-bond acceptors (Lipinski definition) is 5. The molecule has 2 heterocycles. The smallest absolute Gasteiger partial charge is 0.259 e. The van der Waals surface area contributed by atoms with E-state index in [0.29, 0.717) is 18.0 Å². The third-order valence-electron chi connectivity index (χ3n) is 5.64. The zero-order chi connectivity index (χ0) is 21.5. The molecule has 5 nitrogen and oxygen atoms in total. The Balaban J connectivity index is 1.15. The van der Waals surface area contributed by atoms with Gasteiger partial charge in [-0.3, -0.25) is 9.59 Å². The van der Waals surface area contributed by atoms with Crippen LogP contribution in [0.5, 0.6) is 0 Å². The van der Waals surface area contributed by atoms with E-state index in [9.17, 15) is 9.59 Å². The molecular formula is C24H29N3O2S2. The molecule has 2 N–H and O–H groups in total. The van der Waals surface area contributed by atoms with Crippen LogP contribution in [0.4, 0.5) is 0 Å². The van der Waals surface area contributed by atoms with Gasteiger partial charge in [0.25, 0.3) is 5.56 Å². The van der Waals surface area contributed by atoms with Crippen LogP contribution in [0.25, 0.3) is 10.2 Å². The fraction of sp³-hybridized carbons (Fsp3) is 0.458. The highest BCUT2D eigenvalue weighted by Gasteiger charge is 2.19. The Kier molecular flexibility index (Phi) is 7.81. The molecule has 1 aromatic carbocycles. The summed E-state index contributed by atoms with van der Waals surface area (Å²) >= 11 is 3.32. The zero-order valence-electron chi connectivity index (χ0n) is 17.7. The summed E-state index contributed by atoms with van der Waals surface area (Å²) in [5, 5.41) is 3.81. The summed E-state index contributed by atoms with van der Waals surface area (Å²) in [4.78, 5) is 34.5. The topological polar surface area (TPSA) is 74.8 Å². The van der Waals surface area contributed by atoms with Gasteiger partial charge >= 0.3 is 0 Å². The molecule has 0 atom stereocenters. The van der Waals surface area contributed by atoms with Gasteiger partial charge in [-0.2, -0.15) is 11.8 Å². The molecule has 1 aliphatic rings. The SMILES string of the molecule is O=C(CCSCc1nc2sc3c(c2c(=O)[nH]1)CCCC3)NCCCCc1ccccc1. The highest BCUT2D eigenvalue weighted by atomic mass is 32.2. The van der Waals surface area contributed by atoms with Crippen LogP contribution in [0.1, 0.15) is 53.9 Å². The first-order valence-corrected chi connectivity index (χ1v) is 13.1. The second kappa shape index (κ2) is 11.0. The molecule has 31 heavy (non-hydrogen) atoms. The number of fused-ring (bicyclic) bond motifs is 3. The molecule has 7 heteroatoms. The van der Waals surface area contributed by atoms with Crippen molar-refractivity contribution in [2.75, 3.05) is 12.3 Å². The normalized spacial score (nSPS) is 13.3. The maximum Gasteiger partial charge on any atom is 0.259 e. The van der Waals surface area contributed by atoms with Crippen LogP contribution in [0.2, 0.25) is 0 Å². The number of benzene rings is 1. The van der Waals surface area contributed by atoms with Gasteiger partial charge in [0.15, 0.2) is 0 Å². The Labute approximate surface area is 191 Å². The van der Waals surface area contributed by atoms with Crippen LogP contribution < -0.4 is 10.9 Å². The molecule has 0 fully saturated rings. The van der Waals surface area contributed by atoms with Gasteiger partial charge in [0.1, 0.15) is 10.7 Å². The molecule has 0 spiro atoms. The van der Waals surface area contributed by atoms with E-state index in [2.05, 4.69) is 34.6 Å². The number of amides is 1. The van der Waals surface area contributed by atoms with Crippen molar-refractivity contribution in [2.24, 2.45) is 0 Å². The number of aromatic nitrogens is 2. The van der Waals surface area contributed by atoms with Crippen molar-refractivity contribution in [1.29, 1.82) is 0 Å². The van der Waals surface area contributed by atoms with Crippen LogP contribution in [-0.2, 0) is 29.8 Å². The predicted molar refractivity (Wildman–Crippen MR) is 130 cm³/mol. The van der Waals surface area contributed by atoms with Gasteiger partial charge < -0.3 is 10.3 Å². The van der Waals surface area contributed by atoms with Gasteiger partial charge in [-0.1, -0.05) is 30.3 Å². The van der Waals surface area contributed by atoms with E-state index >= 15 is 0 Å². The molecule has 0 saturated carbocycles. The van der Waals surface area contributed by atoms with Crippen molar-refractivity contribution < 1.29 is 4.79 Å². The highest BCUT2D eigenvalue weighted by Crippen LogP contribution is 2.33. The summed E-state index contributed by atoms with van der Waals surface area (Å²) in [6, 6.07) is 10.4. The average molecular weight is 456 g/mol. The van der Waals surface area contributed by atoms with Crippen molar-refractivity contribution in [3.63, 3.8) is 0 Å². The lowest BCUT2D eigenvalue weighted by molar-refractivity contribution is -0.120. The van der Waals surface area contributed by atoms with Crippen LogP contribution in [0.3, 0.4) is 0 Å². The number of hydrogen-bond donors (Lipinski definition) is 2. The summed E-state index contributed by atoms with van der Waals surface area (Å²) in [5.74, 6) is 2.15. The summed E-state index contributed by atoms with van der Waals surface area (Å²) < 4.78 is 0. The summed E-state index contributed by atoms with van der Waals surface area (Å²) in [7, 11) is 0. The fourth-order valence-electron chi connectivity index (χ4n) is 4.03. The van der Waals surface area contributed by atoms with E-state index in [1.54, 1.807) is 23.1 Å². The molecule has 1 amide bonds. The van der Waals surface area contributed by atoms with Crippen molar-refractivity contribution in [2.45, 2.75) is 57.1 Å². The standard InChI is InChI=1S/C24H29N3O2S2/c28-21(25-14-7-6-10-17-8-2-1-3-9-17)13-15-30-16-20-26-23(29)22-18-11-4-5-12-19(18)31-24(22)27-20/h1-3,8-9H,4-7,10-16H2,(H,25,28)(H,26,27,29). The van der Waals surface area contributed by atoms with Crippen LogP contribution in [0.15, 0.2) is 35.1 Å². The maximum absolute atomic E-state index is 12.6. The van der Waals surface area contributed by atoms with Gasteiger partial charge in [-0.05, 0) is 56.1 Å². The van der Waals surface area contributed by atoms with Crippen molar-refractivity contribution >= 4 is 39.2 Å². The molecule has 1 aliphatic carbocycles. The maximum atomic E-state index is 12.6. The molecule has 0 unspecified atom stereocenters. The number of thioether (sulfide) groups is 1. The zero-order valence-corrected chi connectivity index (χ0v) is 19.4. The minimum Gasteiger partial charge on any atom is -0.356 e. The molecule has 0 bridgehead atoms. The number of carbonyl (C=O) groups excluding carboxylic acids is 1. The summed E-state index contributed by atoms with van der Waals surface area (Å²) in [6.07, 6.45) is 8.03. The second-order valence-corrected chi connectivity index (χ2v) is 10.2. The largest absolute Gasteiger partial charge is 0.356 e. The van der Waals surface area contributed by atoms with E-state index in [-0.39, 0.29) is 11.5 Å². The lowest BCUT2D eigenvalue weighted by atomic mass is 9.97. The second-order valence-electron chi connectivity index (χ2n) is 8.00. The summed E-state index contributed by atoms with van der Waals surface area (Å²) in [6.45, 7) is 0.727. The van der Waals surface area contributed by atoms with Crippen molar-refractivity contribution in [3.8, 4) is 0 Å². The first-order chi connectivity index (χ1) is 15.2. The molecular weight excluding hydrogens is 426 g/mol. The highest BCUT2D eigenvalue weighted by molar-refractivity contribution is 7.98. The number of rotatable bonds is 10. The molecule has 0 radical (unpaired) electrons. The predicted octanol–water partition coefficient (Wildman–Crippen LogP) is 4.63. The molecule has 0 aliphatic heterocycles. The lowest BCUT2D eigenvalue weighted by Gasteiger charge is -2.09. The summed E-state index contributed by atoms with van der Waals surface area (Å²) in [5.41, 5.74) is 2.56. The number of aryl methyl sites for hydroxylation is 3. The van der Waals surface area contributed by atoms with Crippen molar-refractivity contribution in [3.05, 3.63) is 62.5 Å².